The molecule has 0 bridgehead atoms. The Morgan fingerprint density at radius 3 is 2.56 bits per heavy atom. The van der Waals surface area contributed by atoms with E-state index in [0.717, 1.165) is 0 Å². The van der Waals surface area contributed by atoms with Crippen LogP contribution in [0.2, 0.25) is 0 Å². The fourth-order valence-electron chi connectivity index (χ4n) is 2.87. The number of nitrogens with zero attached hydrogens (tertiary/aromatic N) is 1. The van der Waals surface area contributed by atoms with E-state index < -0.39 is 18.8 Å². The lowest BCUT2D eigenvalue weighted by atomic mass is 10.2. The number of ether oxygens (including phenoxy) is 1. The third-order valence-electron chi connectivity index (χ3n) is 4.16. The highest BCUT2D eigenvalue weighted by Gasteiger charge is 2.34. The first-order valence-electron chi connectivity index (χ1n) is 8.38. The van der Waals surface area contributed by atoms with Gasteiger partial charge in [0.05, 0.1) is 6.54 Å². The van der Waals surface area contributed by atoms with Crippen molar-refractivity contribution in [2.45, 2.75) is 25.2 Å². The van der Waals surface area contributed by atoms with E-state index in [1.54, 1.807) is 36.4 Å². The Hall–Kier alpha value is -2.61. The van der Waals surface area contributed by atoms with Crippen LogP contribution in [-0.4, -0.2) is 31.2 Å². The molecule has 1 saturated heterocycles. The van der Waals surface area contributed by atoms with Crippen molar-refractivity contribution in [1.82, 2.24) is 5.32 Å². The van der Waals surface area contributed by atoms with E-state index in [1.165, 1.54) is 17.0 Å². The highest BCUT2D eigenvalue weighted by atomic mass is 19.4. The molecule has 0 saturated carbocycles. The number of carbonyl (C=O) groups is 1. The molecule has 2 aromatic rings. The predicted molar refractivity (Wildman–Crippen MR) is 92.0 cm³/mol. The molecule has 4 nitrogen and oxygen atoms in total. The van der Waals surface area contributed by atoms with Crippen molar-refractivity contribution in [2.24, 2.45) is 0 Å². The van der Waals surface area contributed by atoms with Crippen molar-refractivity contribution in [1.29, 1.82) is 0 Å². The van der Waals surface area contributed by atoms with Gasteiger partial charge in [0.15, 0.2) is 0 Å². The van der Waals surface area contributed by atoms with E-state index in [1.807, 2.05) is 0 Å². The third-order valence-corrected chi connectivity index (χ3v) is 4.16. The Kier molecular flexibility index (Phi) is 5.65. The third kappa shape index (κ3) is 5.43. The first kappa shape index (κ1) is 19.2. The number of nitrogens with one attached hydrogen (secondary N) is 1. The monoisotopic (exact) mass is 382 g/mol. The molecule has 2 aromatic carbocycles. The Balaban J connectivity index is 1.56. The van der Waals surface area contributed by atoms with E-state index in [4.69, 9.17) is 4.74 Å². The molecule has 0 aromatic heterocycles. The molecular weight excluding hydrogens is 364 g/mol. The normalized spacial score (nSPS) is 17.4. The molecule has 27 heavy (non-hydrogen) atoms. The molecule has 1 N–H and O–H groups in total. The summed E-state index contributed by atoms with van der Waals surface area (Å²) < 4.78 is 55.6. The van der Waals surface area contributed by atoms with E-state index in [0.29, 0.717) is 17.0 Å². The van der Waals surface area contributed by atoms with Gasteiger partial charge >= 0.3 is 6.18 Å². The van der Waals surface area contributed by atoms with E-state index in [2.05, 4.69) is 5.32 Å². The molecule has 1 heterocycles. The number of carbonyl (C=O) groups excluding carboxylic acids is 1. The maximum Gasteiger partial charge on any atom is 0.401 e. The number of halogens is 4. The summed E-state index contributed by atoms with van der Waals surface area (Å²) in [5, 5.41) is 2.36. The van der Waals surface area contributed by atoms with Gasteiger partial charge in [-0.25, -0.2) is 4.39 Å². The zero-order chi connectivity index (χ0) is 19.4. The topological polar surface area (TPSA) is 41.6 Å². The molecule has 3 rings (SSSR count). The molecule has 144 valence electrons. The number of alkyl halides is 3. The summed E-state index contributed by atoms with van der Waals surface area (Å²) in [6, 6.07) is 12.2. The summed E-state index contributed by atoms with van der Waals surface area (Å²) in [6.07, 6.45) is -4.29. The van der Waals surface area contributed by atoms with E-state index in [-0.39, 0.29) is 31.3 Å². The first-order chi connectivity index (χ1) is 12.8. The van der Waals surface area contributed by atoms with Crippen LogP contribution in [0.1, 0.15) is 12.0 Å². The molecule has 1 atom stereocenters. The molecule has 1 fully saturated rings. The van der Waals surface area contributed by atoms with Crippen molar-refractivity contribution in [3.8, 4) is 5.75 Å². The fraction of sp³-hybridized carbons (Fsp3) is 0.316. The minimum absolute atomic E-state index is 0.0217. The van der Waals surface area contributed by atoms with E-state index in [9.17, 15) is 22.4 Å². The van der Waals surface area contributed by atoms with Crippen LogP contribution in [-0.2, 0) is 11.4 Å². The van der Waals surface area contributed by atoms with Crippen molar-refractivity contribution in [3.05, 3.63) is 59.9 Å². The second kappa shape index (κ2) is 7.96. The molecule has 0 aliphatic carbocycles. The summed E-state index contributed by atoms with van der Waals surface area (Å²) in [4.78, 5) is 13.5. The van der Waals surface area contributed by atoms with Gasteiger partial charge in [-0.2, -0.15) is 13.2 Å². The largest absolute Gasteiger partial charge is 0.489 e. The van der Waals surface area contributed by atoms with Crippen LogP contribution >= 0.6 is 0 Å². The zero-order valence-corrected chi connectivity index (χ0v) is 14.3. The second-order valence-electron chi connectivity index (χ2n) is 6.31. The molecule has 8 heteroatoms. The summed E-state index contributed by atoms with van der Waals surface area (Å²) in [5.41, 5.74) is 1.28. The Morgan fingerprint density at radius 1 is 1.15 bits per heavy atom. The van der Waals surface area contributed by atoms with E-state index >= 15 is 0 Å². The van der Waals surface area contributed by atoms with Crippen molar-refractivity contribution in [3.63, 3.8) is 0 Å². The average Bonchev–Trinajstić information content (AvgIpc) is 2.99. The van der Waals surface area contributed by atoms with Crippen LogP contribution in [0.5, 0.6) is 5.75 Å². The van der Waals surface area contributed by atoms with Crippen LogP contribution in [0.15, 0.2) is 48.5 Å². The Labute approximate surface area is 153 Å². The number of anilines is 1. The smallest absolute Gasteiger partial charge is 0.401 e. The summed E-state index contributed by atoms with van der Waals surface area (Å²) in [5.74, 6) is -0.0304. The molecule has 1 amide bonds. The first-order valence-corrected chi connectivity index (χ1v) is 8.38. The maximum absolute atomic E-state index is 13.1. The number of benzene rings is 2. The van der Waals surface area contributed by atoms with Crippen molar-refractivity contribution < 1.29 is 27.1 Å². The molecule has 0 spiro atoms. The molecule has 0 unspecified atom stereocenters. The fourth-order valence-corrected chi connectivity index (χ4v) is 2.87. The van der Waals surface area contributed by atoms with Gasteiger partial charge in [0, 0.05) is 24.7 Å². The van der Waals surface area contributed by atoms with Gasteiger partial charge in [-0.1, -0.05) is 12.1 Å². The summed E-state index contributed by atoms with van der Waals surface area (Å²) in [7, 11) is 0. The van der Waals surface area contributed by atoms with Crippen molar-refractivity contribution >= 4 is 11.6 Å². The average molecular weight is 382 g/mol. The number of hydrogen-bond acceptors (Lipinski definition) is 3. The number of amides is 1. The van der Waals surface area contributed by atoms with Gasteiger partial charge < -0.3 is 15.0 Å². The minimum atomic E-state index is -4.31. The molecule has 0 radical (unpaired) electrons. The van der Waals surface area contributed by atoms with Crippen LogP contribution in [0.25, 0.3) is 0 Å². The maximum atomic E-state index is 13.1. The predicted octanol–water partition coefficient (Wildman–Crippen LogP) is 3.66. The molecule has 1 aliphatic heterocycles. The van der Waals surface area contributed by atoms with Gasteiger partial charge in [-0.15, -0.1) is 0 Å². The zero-order valence-electron chi connectivity index (χ0n) is 14.3. The van der Waals surface area contributed by atoms with Gasteiger partial charge in [-0.3, -0.25) is 4.79 Å². The minimum Gasteiger partial charge on any atom is -0.489 e. The lowest BCUT2D eigenvalue weighted by molar-refractivity contribution is -0.126. The van der Waals surface area contributed by atoms with Gasteiger partial charge in [-0.05, 0) is 42.0 Å². The highest BCUT2D eigenvalue weighted by Crippen LogP contribution is 2.25. The number of rotatable bonds is 6. The highest BCUT2D eigenvalue weighted by molar-refractivity contribution is 5.96. The summed E-state index contributed by atoms with van der Waals surface area (Å²) >= 11 is 0. The SMILES string of the molecule is O=C1C[C@H](NCC(F)(F)F)CN1c1ccc(OCc2cccc(F)c2)cc1. The van der Waals surface area contributed by atoms with Crippen LogP contribution in [0.4, 0.5) is 23.2 Å². The second-order valence-corrected chi connectivity index (χ2v) is 6.31. The van der Waals surface area contributed by atoms with Crippen LogP contribution in [0, 0.1) is 5.82 Å². The standard InChI is InChI=1S/C19H18F4N2O2/c20-14-3-1-2-13(8-14)11-27-17-6-4-16(5-7-17)25-10-15(9-18(25)26)24-12-19(21,22)23/h1-8,15,24H,9-12H2/t15-/m0/s1. The van der Waals surface area contributed by atoms with Crippen LogP contribution < -0.4 is 15.0 Å². The van der Waals surface area contributed by atoms with Crippen LogP contribution in [0.3, 0.4) is 0 Å². The molecular formula is C19H18F4N2O2. The lowest BCUT2D eigenvalue weighted by Gasteiger charge is -2.18. The Morgan fingerprint density at radius 2 is 1.89 bits per heavy atom. The summed E-state index contributed by atoms with van der Waals surface area (Å²) in [6.45, 7) is -0.743. The molecule has 1 aliphatic rings. The Bertz CT molecular complexity index is 793. The van der Waals surface area contributed by atoms with Gasteiger partial charge in [0.2, 0.25) is 5.91 Å². The van der Waals surface area contributed by atoms with Crippen molar-refractivity contribution in [2.75, 3.05) is 18.0 Å². The number of hydrogen-bond donors (Lipinski definition) is 1. The van der Waals surface area contributed by atoms with Gasteiger partial charge in [0.1, 0.15) is 18.2 Å². The quantitative estimate of drug-likeness (QED) is 0.776. The van der Waals surface area contributed by atoms with Gasteiger partial charge in [0.25, 0.3) is 0 Å². The lowest BCUT2D eigenvalue weighted by Crippen LogP contribution is -2.38.